The van der Waals surface area contributed by atoms with Gasteiger partial charge in [0, 0.05) is 22.6 Å². The summed E-state index contributed by atoms with van der Waals surface area (Å²) >= 11 is 3.42. The van der Waals surface area contributed by atoms with E-state index in [0.29, 0.717) is 6.54 Å². The van der Waals surface area contributed by atoms with Crippen LogP contribution < -0.4 is 4.90 Å². The predicted octanol–water partition coefficient (Wildman–Crippen LogP) is 5.19. The molecule has 3 rings (SSSR count). The van der Waals surface area contributed by atoms with Gasteiger partial charge in [-0.2, -0.15) is 0 Å². The molecule has 0 bridgehead atoms. The molecule has 1 aromatic heterocycles. The SMILES string of the molecule is O=C(OCc1ccccc1)N(Cc1ccncc1)c1ccc(Br)cc1. The third-order valence-electron chi connectivity index (χ3n) is 3.65. The lowest BCUT2D eigenvalue weighted by molar-refractivity contribution is 0.146. The van der Waals surface area contributed by atoms with Crippen molar-refractivity contribution in [1.82, 2.24) is 4.98 Å². The van der Waals surface area contributed by atoms with Crippen LogP contribution in [-0.2, 0) is 17.9 Å². The van der Waals surface area contributed by atoms with Crippen molar-refractivity contribution in [3.8, 4) is 0 Å². The number of hydrogen-bond donors (Lipinski definition) is 0. The number of benzene rings is 2. The second-order valence-corrected chi connectivity index (χ2v) is 6.37. The molecule has 0 aliphatic carbocycles. The highest BCUT2D eigenvalue weighted by molar-refractivity contribution is 9.10. The summed E-state index contributed by atoms with van der Waals surface area (Å²) in [5.74, 6) is 0. The van der Waals surface area contributed by atoms with Gasteiger partial charge in [0.15, 0.2) is 0 Å². The molecule has 5 heteroatoms. The zero-order chi connectivity index (χ0) is 17.5. The van der Waals surface area contributed by atoms with Crippen LogP contribution in [0.3, 0.4) is 0 Å². The Balaban J connectivity index is 1.77. The van der Waals surface area contributed by atoms with E-state index in [4.69, 9.17) is 4.74 Å². The second-order valence-electron chi connectivity index (χ2n) is 5.46. The van der Waals surface area contributed by atoms with Gasteiger partial charge in [0.25, 0.3) is 0 Å². The van der Waals surface area contributed by atoms with Gasteiger partial charge in [0.1, 0.15) is 6.61 Å². The maximum atomic E-state index is 12.7. The number of anilines is 1. The molecule has 4 nitrogen and oxygen atoms in total. The van der Waals surface area contributed by atoms with Crippen molar-refractivity contribution in [3.05, 3.63) is 94.7 Å². The summed E-state index contributed by atoms with van der Waals surface area (Å²) in [5.41, 5.74) is 2.71. The normalized spacial score (nSPS) is 10.3. The Morgan fingerprint density at radius 3 is 2.28 bits per heavy atom. The van der Waals surface area contributed by atoms with Crippen LogP contribution in [0.4, 0.5) is 10.5 Å². The van der Waals surface area contributed by atoms with Crippen LogP contribution in [0.5, 0.6) is 0 Å². The Morgan fingerprint density at radius 2 is 1.60 bits per heavy atom. The van der Waals surface area contributed by atoms with Crippen LogP contribution in [0.25, 0.3) is 0 Å². The molecule has 0 radical (unpaired) electrons. The van der Waals surface area contributed by atoms with Crippen LogP contribution >= 0.6 is 15.9 Å². The molecule has 25 heavy (non-hydrogen) atoms. The summed E-state index contributed by atoms with van der Waals surface area (Å²) in [5, 5.41) is 0. The molecule has 0 spiro atoms. The molecule has 126 valence electrons. The highest BCUT2D eigenvalue weighted by atomic mass is 79.9. The minimum atomic E-state index is -0.386. The van der Waals surface area contributed by atoms with E-state index in [9.17, 15) is 4.79 Å². The summed E-state index contributed by atoms with van der Waals surface area (Å²) in [6.45, 7) is 0.654. The van der Waals surface area contributed by atoms with E-state index in [2.05, 4.69) is 20.9 Å². The fourth-order valence-electron chi connectivity index (χ4n) is 2.35. The summed E-state index contributed by atoms with van der Waals surface area (Å²) < 4.78 is 6.46. The van der Waals surface area contributed by atoms with Gasteiger partial charge in [-0.25, -0.2) is 4.79 Å². The van der Waals surface area contributed by atoms with Crippen LogP contribution in [0.1, 0.15) is 11.1 Å². The Hall–Kier alpha value is -2.66. The highest BCUT2D eigenvalue weighted by Crippen LogP contribution is 2.21. The first-order chi connectivity index (χ1) is 12.2. The summed E-state index contributed by atoms with van der Waals surface area (Å²) in [6.07, 6.45) is 3.04. The number of carbonyl (C=O) groups is 1. The molecular weight excluding hydrogens is 380 g/mol. The molecule has 0 atom stereocenters. The van der Waals surface area contributed by atoms with Crippen LogP contribution in [0, 0.1) is 0 Å². The average Bonchev–Trinajstić information content (AvgIpc) is 2.67. The van der Waals surface area contributed by atoms with Crippen molar-refractivity contribution in [2.45, 2.75) is 13.2 Å². The first-order valence-corrected chi connectivity index (χ1v) is 8.64. The third kappa shape index (κ3) is 4.90. The van der Waals surface area contributed by atoms with Gasteiger partial charge >= 0.3 is 6.09 Å². The molecule has 2 aromatic carbocycles. The van der Waals surface area contributed by atoms with E-state index < -0.39 is 0 Å². The number of rotatable bonds is 5. The standard InChI is InChI=1S/C20H17BrN2O2/c21-18-6-8-19(9-7-18)23(14-16-10-12-22-13-11-16)20(24)25-15-17-4-2-1-3-5-17/h1-13H,14-15H2. The number of hydrogen-bond acceptors (Lipinski definition) is 3. The molecule has 0 unspecified atom stereocenters. The van der Waals surface area contributed by atoms with Crippen molar-refractivity contribution < 1.29 is 9.53 Å². The van der Waals surface area contributed by atoms with E-state index in [-0.39, 0.29) is 12.7 Å². The largest absolute Gasteiger partial charge is 0.444 e. The number of nitrogens with zero attached hydrogens (tertiary/aromatic N) is 2. The minimum absolute atomic E-state index is 0.239. The third-order valence-corrected chi connectivity index (χ3v) is 4.18. The number of amides is 1. The molecule has 0 aliphatic heterocycles. The monoisotopic (exact) mass is 396 g/mol. The Morgan fingerprint density at radius 1 is 0.920 bits per heavy atom. The van der Waals surface area contributed by atoms with Gasteiger partial charge in [-0.1, -0.05) is 46.3 Å². The number of ether oxygens (including phenoxy) is 1. The summed E-state index contributed by atoms with van der Waals surface area (Å²) in [4.78, 5) is 18.3. The predicted molar refractivity (Wildman–Crippen MR) is 101 cm³/mol. The van der Waals surface area contributed by atoms with E-state index >= 15 is 0 Å². The molecule has 1 amide bonds. The molecule has 0 saturated carbocycles. The highest BCUT2D eigenvalue weighted by Gasteiger charge is 2.18. The van der Waals surface area contributed by atoms with Gasteiger partial charge in [0.05, 0.1) is 6.54 Å². The smallest absolute Gasteiger partial charge is 0.414 e. The number of carbonyl (C=O) groups excluding carboxylic acids is 1. The van der Waals surface area contributed by atoms with E-state index in [1.807, 2.05) is 66.7 Å². The first kappa shape index (κ1) is 17.2. The Kier molecular flexibility index (Phi) is 5.80. The van der Waals surface area contributed by atoms with E-state index in [0.717, 1.165) is 21.3 Å². The first-order valence-electron chi connectivity index (χ1n) is 7.85. The molecule has 3 aromatic rings. The minimum Gasteiger partial charge on any atom is -0.444 e. The maximum absolute atomic E-state index is 12.7. The number of halogens is 1. The molecule has 0 saturated heterocycles. The van der Waals surface area contributed by atoms with Crippen LogP contribution in [-0.4, -0.2) is 11.1 Å². The van der Waals surface area contributed by atoms with Crippen molar-refractivity contribution in [2.24, 2.45) is 0 Å². The summed E-state index contributed by atoms with van der Waals surface area (Å²) in [7, 11) is 0. The van der Waals surface area contributed by atoms with Gasteiger partial charge < -0.3 is 4.74 Å². The van der Waals surface area contributed by atoms with Crippen LogP contribution in [0.15, 0.2) is 83.6 Å². The van der Waals surface area contributed by atoms with Crippen LogP contribution in [0.2, 0.25) is 0 Å². The number of aromatic nitrogens is 1. The molecule has 0 aliphatic rings. The van der Waals surface area contributed by atoms with E-state index in [1.54, 1.807) is 17.3 Å². The van der Waals surface area contributed by atoms with Gasteiger partial charge in [-0.05, 0) is 47.5 Å². The number of pyridine rings is 1. The van der Waals surface area contributed by atoms with Gasteiger partial charge in [0.2, 0.25) is 0 Å². The Labute approximate surface area is 155 Å². The topological polar surface area (TPSA) is 42.4 Å². The van der Waals surface area contributed by atoms with E-state index in [1.165, 1.54) is 0 Å². The summed E-state index contributed by atoms with van der Waals surface area (Å²) in [6, 6.07) is 21.0. The molecular formula is C20H17BrN2O2. The van der Waals surface area contributed by atoms with Crippen molar-refractivity contribution in [3.63, 3.8) is 0 Å². The Bertz CT molecular complexity index is 808. The zero-order valence-corrected chi connectivity index (χ0v) is 15.1. The van der Waals surface area contributed by atoms with Gasteiger partial charge in [-0.15, -0.1) is 0 Å². The lowest BCUT2D eigenvalue weighted by Crippen LogP contribution is -2.31. The fraction of sp³-hybridized carbons (Fsp3) is 0.100. The lowest BCUT2D eigenvalue weighted by atomic mass is 10.2. The molecule has 0 fully saturated rings. The maximum Gasteiger partial charge on any atom is 0.414 e. The van der Waals surface area contributed by atoms with Crippen molar-refractivity contribution >= 4 is 27.7 Å². The average molecular weight is 397 g/mol. The second kappa shape index (κ2) is 8.44. The van der Waals surface area contributed by atoms with Crippen molar-refractivity contribution in [2.75, 3.05) is 4.90 Å². The van der Waals surface area contributed by atoms with Crippen molar-refractivity contribution in [1.29, 1.82) is 0 Å². The quantitative estimate of drug-likeness (QED) is 0.595. The fourth-order valence-corrected chi connectivity index (χ4v) is 2.61. The van der Waals surface area contributed by atoms with Gasteiger partial charge in [-0.3, -0.25) is 9.88 Å². The molecule has 0 N–H and O–H groups in total. The zero-order valence-electron chi connectivity index (χ0n) is 13.5. The molecule has 1 heterocycles. The lowest BCUT2D eigenvalue weighted by Gasteiger charge is -2.22.